The molecular weight excluding hydrogens is 358 g/mol. The lowest BCUT2D eigenvalue weighted by atomic mass is 10.2. The van der Waals surface area contributed by atoms with Gasteiger partial charge in [-0.2, -0.15) is 4.99 Å². The molecule has 0 unspecified atom stereocenters. The van der Waals surface area contributed by atoms with Crippen LogP contribution in [0.5, 0.6) is 0 Å². The van der Waals surface area contributed by atoms with Gasteiger partial charge in [0.1, 0.15) is 5.82 Å². The van der Waals surface area contributed by atoms with Gasteiger partial charge in [-0.15, -0.1) is 0 Å². The van der Waals surface area contributed by atoms with E-state index in [0.29, 0.717) is 32.5 Å². The Labute approximate surface area is 145 Å². The first-order valence-corrected chi connectivity index (χ1v) is 8.40. The molecule has 0 saturated heterocycles. The second-order valence-electron chi connectivity index (χ2n) is 4.79. The van der Waals surface area contributed by atoms with Crippen LogP contribution in [-0.2, 0) is 6.54 Å². The number of nitrogens with zero attached hydrogens (tertiary/aromatic N) is 2. The van der Waals surface area contributed by atoms with Gasteiger partial charge in [0.05, 0.1) is 10.2 Å². The van der Waals surface area contributed by atoms with Gasteiger partial charge < -0.3 is 4.57 Å². The monoisotopic (exact) mass is 368 g/mol. The Hall–Kier alpha value is -1.69. The highest BCUT2D eigenvalue weighted by atomic mass is 35.5. The molecule has 23 heavy (non-hydrogen) atoms. The van der Waals surface area contributed by atoms with Crippen LogP contribution in [0.25, 0.3) is 10.2 Å². The van der Waals surface area contributed by atoms with E-state index in [4.69, 9.17) is 23.2 Å². The summed E-state index contributed by atoms with van der Waals surface area (Å²) in [6, 6.07) is 9.38. The third kappa shape index (κ3) is 3.17. The maximum Gasteiger partial charge on any atom is 0.279 e. The first-order chi connectivity index (χ1) is 11.0. The number of amides is 1. The molecular formula is C16H11Cl2FN2OS. The van der Waals surface area contributed by atoms with Crippen LogP contribution in [0.15, 0.2) is 41.4 Å². The van der Waals surface area contributed by atoms with Gasteiger partial charge in [-0.25, -0.2) is 4.39 Å². The lowest BCUT2D eigenvalue weighted by Gasteiger charge is -2.01. The van der Waals surface area contributed by atoms with Crippen molar-refractivity contribution in [3.05, 3.63) is 62.6 Å². The zero-order valence-corrected chi connectivity index (χ0v) is 14.3. The van der Waals surface area contributed by atoms with Crippen molar-refractivity contribution in [2.24, 2.45) is 4.99 Å². The summed E-state index contributed by atoms with van der Waals surface area (Å²) in [6.45, 7) is 2.38. The fourth-order valence-electron chi connectivity index (χ4n) is 2.29. The number of halogens is 3. The third-order valence-electron chi connectivity index (χ3n) is 3.27. The molecule has 0 atom stereocenters. The molecule has 0 radical (unpaired) electrons. The van der Waals surface area contributed by atoms with Crippen molar-refractivity contribution in [1.29, 1.82) is 0 Å². The normalized spacial score (nSPS) is 12.1. The Kier molecular flexibility index (Phi) is 4.53. The van der Waals surface area contributed by atoms with Crippen molar-refractivity contribution in [3.63, 3.8) is 0 Å². The van der Waals surface area contributed by atoms with Crippen LogP contribution in [0.2, 0.25) is 10.0 Å². The third-order valence-corrected chi connectivity index (χ3v) is 4.75. The summed E-state index contributed by atoms with van der Waals surface area (Å²) in [6.07, 6.45) is 0. The van der Waals surface area contributed by atoms with E-state index < -0.39 is 5.91 Å². The number of thiazole rings is 1. The SMILES string of the molecule is CCn1c(=NC(=O)c2cc(Cl)cc(Cl)c2)sc2cccc(F)c21. The van der Waals surface area contributed by atoms with Gasteiger partial charge in [0, 0.05) is 22.2 Å². The molecule has 0 N–H and O–H groups in total. The minimum Gasteiger partial charge on any atom is -0.314 e. The van der Waals surface area contributed by atoms with Gasteiger partial charge in [-0.05, 0) is 37.3 Å². The summed E-state index contributed by atoms with van der Waals surface area (Å²) in [7, 11) is 0. The molecule has 1 aromatic heterocycles. The van der Waals surface area contributed by atoms with Crippen molar-refractivity contribution in [1.82, 2.24) is 4.57 Å². The molecule has 0 aliphatic heterocycles. The van der Waals surface area contributed by atoms with Gasteiger partial charge in [0.2, 0.25) is 0 Å². The number of hydrogen-bond donors (Lipinski definition) is 0. The van der Waals surface area contributed by atoms with E-state index in [1.54, 1.807) is 22.8 Å². The summed E-state index contributed by atoms with van der Waals surface area (Å²) >= 11 is 13.1. The molecule has 3 nitrogen and oxygen atoms in total. The van der Waals surface area contributed by atoms with Crippen LogP contribution in [0.1, 0.15) is 17.3 Å². The number of fused-ring (bicyclic) bond motifs is 1. The number of benzene rings is 2. The molecule has 1 heterocycles. The first-order valence-electron chi connectivity index (χ1n) is 6.82. The maximum atomic E-state index is 14.0. The number of carbonyl (C=O) groups is 1. The quantitative estimate of drug-likeness (QED) is 0.632. The minimum atomic E-state index is -0.469. The number of para-hydroxylation sites is 1. The predicted molar refractivity (Wildman–Crippen MR) is 91.8 cm³/mol. The van der Waals surface area contributed by atoms with Gasteiger partial charge in [-0.3, -0.25) is 4.79 Å². The minimum absolute atomic E-state index is 0.295. The van der Waals surface area contributed by atoms with Crippen molar-refractivity contribution in [2.45, 2.75) is 13.5 Å². The van der Waals surface area contributed by atoms with E-state index in [-0.39, 0.29) is 5.82 Å². The van der Waals surface area contributed by atoms with Gasteiger partial charge in [-0.1, -0.05) is 40.6 Å². The molecule has 0 aliphatic rings. The Bertz CT molecular complexity index is 958. The van der Waals surface area contributed by atoms with Crippen LogP contribution in [-0.4, -0.2) is 10.5 Å². The second-order valence-corrected chi connectivity index (χ2v) is 6.67. The Balaban J connectivity index is 2.17. The standard InChI is InChI=1S/C16H11Cl2FN2OS/c1-2-21-14-12(19)4-3-5-13(14)23-16(21)20-15(22)9-6-10(17)8-11(18)7-9/h3-8H,2H2,1H3. The second kappa shape index (κ2) is 6.43. The molecule has 0 aliphatic carbocycles. The van der Waals surface area contributed by atoms with E-state index in [2.05, 4.69) is 4.99 Å². The maximum absolute atomic E-state index is 14.0. The van der Waals surface area contributed by atoms with Gasteiger partial charge in [0.25, 0.3) is 5.91 Å². The van der Waals surface area contributed by atoms with E-state index in [9.17, 15) is 9.18 Å². The van der Waals surface area contributed by atoms with E-state index >= 15 is 0 Å². The zero-order valence-electron chi connectivity index (χ0n) is 12.0. The smallest absolute Gasteiger partial charge is 0.279 e. The van der Waals surface area contributed by atoms with E-state index in [1.165, 1.54) is 29.5 Å². The average molecular weight is 369 g/mol. The molecule has 3 aromatic rings. The van der Waals surface area contributed by atoms with Crippen LogP contribution in [0, 0.1) is 5.82 Å². The van der Waals surface area contributed by atoms with Crippen LogP contribution in [0.3, 0.4) is 0 Å². The largest absolute Gasteiger partial charge is 0.314 e. The van der Waals surface area contributed by atoms with Crippen molar-refractivity contribution in [2.75, 3.05) is 0 Å². The van der Waals surface area contributed by atoms with Crippen molar-refractivity contribution < 1.29 is 9.18 Å². The average Bonchev–Trinajstić information content (AvgIpc) is 2.84. The molecule has 1 amide bonds. The predicted octanol–water partition coefficient (Wildman–Crippen LogP) is 4.91. The lowest BCUT2D eigenvalue weighted by Crippen LogP contribution is -2.16. The summed E-state index contributed by atoms with van der Waals surface area (Å²) in [5.74, 6) is -0.802. The molecule has 7 heteroatoms. The molecule has 3 rings (SSSR count). The first kappa shape index (κ1) is 16.2. The van der Waals surface area contributed by atoms with Gasteiger partial charge in [0.15, 0.2) is 4.80 Å². The number of aromatic nitrogens is 1. The van der Waals surface area contributed by atoms with Crippen LogP contribution in [0.4, 0.5) is 4.39 Å². The summed E-state index contributed by atoms with van der Waals surface area (Å²) < 4.78 is 16.5. The van der Waals surface area contributed by atoms with E-state index in [0.717, 1.165) is 4.70 Å². The Morgan fingerprint density at radius 3 is 2.61 bits per heavy atom. The molecule has 118 valence electrons. The van der Waals surface area contributed by atoms with Crippen LogP contribution < -0.4 is 4.80 Å². The molecule has 0 bridgehead atoms. The molecule has 0 spiro atoms. The zero-order chi connectivity index (χ0) is 16.6. The van der Waals surface area contributed by atoms with Crippen LogP contribution >= 0.6 is 34.5 Å². The number of hydrogen-bond acceptors (Lipinski definition) is 2. The van der Waals surface area contributed by atoms with E-state index in [1.807, 2.05) is 6.92 Å². The lowest BCUT2D eigenvalue weighted by molar-refractivity contribution is 0.0998. The number of aryl methyl sites for hydroxylation is 1. The van der Waals surface area contributed by atoms with Crippen molar-refractivity contribution in [3.8, 4) is 0 Å². The Morgan fingerprint density at radius 1 is 1.26 bits per heavy atom. The van der Waals surface area contributed by atoms with Crippen molar-refractivity contribution >= 4 is 50.7 Å². The summed E-state index contributed by atoms with van der Waals surface area (Å²) in [4.78, 5) is 16.9. The number of rotatable bonds is 2. The van der Waals surface area contributed by atoms with Gasteiger partial charge >= 0.3 is 0 Å². The topological polar surface area (TPSA) is 34.4 Å². The highest BCUT2D eigenvalue weighted by Gasteiger charge is 2.12. The fourth-order valence-corrected chi connectivity index (χ4v) is 3.93. The summed E-state index contributed by atoms with van der Waals surface area (Å²) in [5, 5.41) is 0.726. The molecule has 0 fully saturated rings. The number of carbonyl (C=O) groups excluding carboxylic acids is 1. The highest BCUT2D eigenvalue weighted by molar-refractivity contribution is 7.16. The Morgan fingerprint density at radius 2 is 1.96 bits per heavy atom. The highest BCUT2D eigenvalue weighted by Crippen LogP contribution is 2.21. The molecule has 0 saturated carbocycles. The molecule has 2 aromatic carbocycles. The fraction of sp³-hybridized carbons (Fsp3) is 0.125. The summed E-state index contributed by atoms with van der Waals surface area (Å²) in [5.41, 5.74) is 0.749.